The van der Waals surface area contributed by atoms with Crippen LogP contribution in [0.25, 0.3) is 61.2 Å². The number of aromatic nitrogens is 4. The van der Waals surface area contributed by atoms with Gasteiger partial charge in [-0.2, -0.15) is 0 Å². The Morgan fingerprint density at radius 2 is 0.955 bits per heavy atom. The molecule has 7 heteroatoms. The van der Waals surface area contributed by atoms with Crippen molar-refractivity contribution in [3.8, 4) is 39.8 Å². The van der Waals surface area contributed by atoms with Gasteiger partial charge in [0.25, 0.3) is 6.33 Å². The molecule has 15 rings (SSSR count). The first-order valence-corrected chi connectivity index (χ1v) is 31.7. The summed E-state index contributed by atoms with van der Waals surface area (Å²) in [7, 11) is -12.7. The smallest absolute Gasteiger partial charge is 0.269 e. The Labute approximate surface area is 571 Å². The molecule has 0 N–H and O–H groups in total. The van der Waals surface area contributed by atoms with E-state index in [1.54, 1.807) is 18.3 Å². The molecule has 3 aromatic heterocycles. The van der Waals surface area contributed by atoms with Crippen molar-refractivity contribution < 1.29 is 57.3 Å². The minimum atomic E-state index is -6.52. The Morgan fingerprint density at radius 1 is 0.438 bits per heavy atom. The summed E-state index contributed by atoms with van der Waals surface area (Å²) in [6.07, 6.45) is 4.96. The van der Waals surface area contributed by atoms with E-state index in [2.05, 4.69) is 27.1 Å². The maximum atomic E-state index is 10.2. The Balaban J connectivity index is 1.20. The zero-order valence-electron chi connectivity index (χ0n) is 82.2. The van der Waals surface area contributed by atoms with E-state index in [1.165, 1.54) is 28.8 Å². The lowest BCUT2D eigenvalue weighted by molar-refractivity contribution is -0.570. The fraction of sp³-hybridized carbons (Fsp3) is 0.0488. The van der Waals surface area contributed by atoms with Crippen molar-refractivity contribution in [2.75, 3.05) is 0 Å². The van der Waals surface area contributed by atoms with Gasteiger partial charge in [0.1, 0.15) is 17.3 Å². The molecule has 0 fully saturated rings. The number of pyridine rings is 1. The molecule has 0 bridgehead atoms. The van der Waals surface area contributed by atoms with E-state index in [0.29, 0.717) is 11.3 Å². The van der Waals surface area contributed by atoms with Gasteiger partial charge in [-0.15, -0.1) is 0 Å². The van der Waals surface area contributed by atoms with Crippen molar-refractivity contribution in [1.82, 2.24) is 14.1 Å². The van der Waals surface area contributed by atoms with Crippen LogP contribution in [0.15, 0.2) is 333 Å². The second kappa shape index (κ2) is 22.9. The van der Waals surface area contributed by atoms with E-state index in [-0.39, 0.29) is 33.6 Å². The molecular formula is C82H64N4OSi2. The second-order valence-electron chi connectivity index (χ2n) is 21.5. The van der Waals surface area contributed by atoms with Crippen LogP contribution in [0.4, 0.5) is 0 Å². The molecule has 0 aliphatic rings. The third kappa shape index (κ3) is 9.54. The van der Waals surface area contributed by atoms with Gasteiger partial charge in [-0.25, -0.2) is 4.98 Å². The normalized spacial score (nSPS) is 17.5. The maximum Gasteiger partial charge on any atom is 0.269 e. The number of para-hydroxylation sites is 2. The third-order valence-electron chi connectivity index (χ3n) is 15.6. The minimum Gasteiger partial charge on any atom is -0.458 e. The number of benzene rings is 12. The largest absolute Gasteiger partial charge is 0.458 e. The summed E-state index contributed by atoms with van der Waals surface area (Å²) < 4.78 is 346. The summed E-state index contributed by atoms with van der Waals surface area (Å²) >= 11 is 0. The lowest BCUT2D eigenvalue weighted by atomic mass is 9.88. The summed E-state index contributed by atoms with van der Waals surface area (Å²) in [4.78, 5) is 4.83. The number of fused-ring (bicyclic) bond motifs is 4. The van der Waals surface area contributed by atoms with Crippen LogP contribution in [0.1, 0.15) is 74.3 Å². The van der Waals surface area contributed by atoms with Crippen LogP contribution in [0.5, 0.6) is 11.5 Å². The van der Waals surface area contributed by atoms with Crippen molar-refractivity contribution >= 4 is 90.5 Å². The molecule has 0 atom stereocenters. The predicted octanol–water partition coefficient (Wildman–Crippen LogP) is 13.7. The van der Waals surface area contributed by atoms with E-state index < -0.39 is 286 Å². The molecule has 0 radical (unpaired) electrons. The molecule has 426 valence electrons. The van der Waals surface area contributed by atoms with Gasteiger partial charge in [-0.05, 0) is 112 Å². The zero-order chi connectivity index (χ0) is 90.4. The Morgan fingerprint density at radius 3 is 1.53 bits per heavy atom. The van der Waals surface area contributed by atoms with Gasteiger partial charge >= 0.3 is 0 Å². The standard InChI is InChI=1S/C82H64N4OSi2/c1-82(2,3)61-53-54-83-80(55-61)86-75-47-26-25-45-73(75)74-51-49-64(57-77(74)86)87-63-32-27-31-62(56-63)84-59-85(76-52-50-71(58-78(76)84)88(65-33-13-5-14-34-65,66-35-15-6-16-36-66)67-37-17-7-18-38-67)81-72(60-29-11-4-12-30-60)46-28-48-79(81)89(68-39-19-8-20-40-68,69-41-21-9-22-42-69)70-43-23-10-24-44-70/h4-58H,1-3H3/i4D,5D,6D,7D,8D,9D,10D,11D,12D,13D,14D,15D,16D,17D,18D,19D,20D,21D,22D,23D,24D,29D,30D,33D,34D,35D,36D,37D,38D,39D,40D,41D,42D,43D,44D. The molecule has 3 heterocycles. The van der Waals surface area contributed by atoms with E-state index in [1.807, 2.05) is 47.0 Å². The summed E-state index contributed by atoms with van der Waals surface area (Å²) in [6.45, 7) is 6.18. The van der Waals surface area contributed by atoms with Gasteiger partial charge in [-0.1, -0.05) is 293 Å². The van der Waals surface area contributed by atoms with Crippen LogP contribution in [-0.2, 0) is 5.41 Å². The van der Waals surface area contributed by atoms with E-state index in [0.717, 1.165) is 62.8 Å². The number of imidazole rings is 1. The number of hydrogen-bond donors (Lipinski definition) is 0. The Kier molecular flexibility index (Phi) is 7.41. The van der Waals surface area contributed by atoms with Crippen LogP contribution in [-0.4, -0.2) is 30.3 Å². The highest BCUT2D eigenvalue weighted by Crippen LogP contribution is 2.37. The molecule has 15 aromatic rings. The summed E-state index contributed by atoms with van der Waals surface area (Å²) in [5.41, 5.74) is -0.853. The fourth-order valence-corrected chi connectivity index (χ4v) is 19.5. The number of rotatable bonds is 14. The minimum absolute atomic E-state index is 0.00152. The molecule has 89 heavy (non-hydrogen) atoms. The highest BCUT2D eigenvalue weighted by atomic mass is 28.3. The molecular weight excluding hydrogens is 1110 g/mol. The Bertz CT molecular complexity index is 6710. The molecule has 0 aliphatic heterocycles. The second-order valence-corrected chi connectivity index (χ2v) is 28.6. The summed E-state index contributed by atoms with van der Waals surface area (Å²) in [5.74, 6) is 0.766. The van der Waals surface area contributed by atoms with Crippen molar-refractivity contribution in [3.05, 3.63) is 345 Å². The molecule has 0 saturated carbocycles. The number of hydrogen-bond acceptors (Lipinski definition) is 2. The monoisotopic (exact) mass is 1210 g/mol. The lowest BCUT2D eigenvalue weighted by Crippen LogP contribution is -2.76. The van der Waals surface area contributed by atoms with Gasteiger partial charge in [0.05, 0.1) is 81.4 Å². The summed E-state index contributed by atoms with van der Waals surface area (Å²) in [6, 6.07) is -10.1. The van der Waals surface area contributed by atoms with Crippen LogP contribution >= 0.6 is 0 Å². The summed E-state index contributed by atoms with van der Waals surface area (Å²) in [5, 5.41) is -5.57. The van der Waals surface area contributed by atoms with E-state index in [9.17, 15) is 38.4 Å². The number of ether oxygens (including phenoxy) is 1. The van der Waals surface area contributed by atoms with Gasteiger partial charge in [0, 0.05) is 23.0 Å². The fourth-order valence-electron chi connectivity index (χ4n) is 11.7. The number of nitrogens with zero attached hydrogens (tertiary/aromatic N) is 4. The van der Waals surface area contributed by atoms with Crippen LogP contribution in [0, 0.1) is 6.33 Å². The topological polar surface area (TPSA) is 35.9 Å². The van der Waals surface area contributed by atoms with E-state index in [4.69, 9.17) is 19.3 Å². The molecule has 0 amide bonds. The van der Waals surface area contributed by atoms with Crippen LogP contribution < -0.4 is 50.8 Å². The van der Waals surface area contributed by atoms with Gasteiger partial charge in [0.2, 0.25) is 0 Å². The molecule has 5 nitrogen and oxygen atoms in total. The first kappa shape index (κ1) is 28.9. The molecule has 0 unspecified atom stereocenters. The maximum absolute atomic E-state index is 10.2. The highest BCUT2D eigenvalue weighted by molar-refractivity contribution is 7.20. The quantitative estimate of drug-likeness (QED) is 0.0471. The SMILES string of the molecule is [2H]c1c([2H])c([2H])c(-c2cccc([Si](c3c([2H])c([2H])c([2H])c([2H])c3[2H])(c3c([2H])c([2H])c([2H])c([2H])c3[2H])c3c([2H])c([2H])c([2H])c([2H])c3[2H])c2-[n+]2[c-]n(-c3cccc(Oc4ccc5c6ccccc6n(-c6cc(C(C)(C)C)ccn6)c5c4)c3)c3cc([Si](c4c([2H])c([2H])c([2H])c([2H])c4[2H])(c4c([2H])c([2H])c([2H])c([2H])c4[2H])c4c([2H])c([2H])c([2H])c([2H])c4[2H])ccc32)c([2H])c1[2H]. The van der Waals surface area contributed by atoms with Crippen LogP contribution in [0.2, 0.25) is 0 Å². The average Bonchev–Trinajstić information content (AvgIpc) is 0.848. The average molecular weight is 1210 g/mol. The third-order valence-corrected chi connectivity index (χ3v) is 24.0. The molecule has 0 spiro atoms. The molecule has 0 aliphatic carbocycles. The van der Waals surface area contributed by atoms with Crippen molar-refractivity contribution in [3.63, 3.8) is 0 Å². The predicted molar refractivity (Wildman–Crippen MR) is 374 cm³/mol. The first-order valence-electron chi connectivity index (χ1n) is 45.2. The Hall–Kier alpha value is -10.7. The van der Waals surface area contributed by atoms with Crippen molar-refractivity contribution in [2.45, 2.75) is 26.2 Å². The zero-order valence-corrected chi connectivity index (χ0v) is 49.2. The molecule has 12 aromatic carbocycles. The molecule has 0 saturated heterocycles. The van der Waals surface area contributed by atoms with Gasteiger partial charge < -0.3 is 4.74 Å². The highest BCUT2D eigenvalue weighted by Gasteiger charge is 2.45. The van der Waals surface area contributed by atoms with Crippen LogP contribution in [0.3, 0.4) is 0 Å². The van der Waals surface area contributed by atoms with Crippen molar-refractivity contribution in [1.29, 1.82) is 0 Å². The van der Waals surface area contributed by atoms with Crippen molar-refractivity contribution in [2.24, 2.45) is 0 Å². The van der Waals surface area contributed by atoms with Gasteiger partial charge in [-0.3, -0.25) is 13.7 Å². The lowest BCUT2D eigenvalue weighted by Gasteiger charge is -2.37. The van der Waals surface area contributed by atoms with Gasteiger partial charge in [0.15, 0.2) is 16.1 Å². The van der Waals surface area contributed by atoms with E-state index >= 15 is 0 Å². The first-order chi connectivity index (χ1) is 58.3.